The second kappa shape index (κ2) is 7.13. The van der Waals surface area contributed by atoms with E-state index in [-0.39, 0.29) is 12.5 Å². The predicted molar refractivity (Wildman–Crippen MR) is 69.0 cm³/mol. The lowest BCUT2D eigenvalue weighted by Gasteiger charge is -2.11. The minimum Gasteiger partial charge on any atom is -0.383 e. The number of rotatable bonds is 7. The Labute approximate surface area is 107 Å². The summed E-state index contributed by atoms with van der Waals surface area (Å²) < 4.78 is 12.0. The number of anilines is 1. The van der Waals surface area contributed by atoms with Gasteiger partial charge in [-0.25, -0.2) is 4.79 Å². The Hall–Kier alpha value is -1.40. The third-order valence-corrected chi connectivity index (χ3v) is 2.25. The fourth-order valence-corrected chi connectivity index (χ4v) is 1.35. The number of nitrogens with zero attached hydrogens (tertiary/aromatic N) is 2. The Bertz CT molecular complexity index is 429. The number of hydrogen-bond acceptors (Lipinski definition) is 5. The van der Waals surface area contributed by atoms with E-state index in [1.807, 2.05) is 6.92 Å². The molecule has 0 unspecified atom stereocenters. The molecule has 0 amide bonds. The van der Waals surface area contributed by atoms with Gasteiger partial charge in [0.1, 0.15) is 12.5 Å². The van der Waals surface area contributed by atoms with E-state index in [1.165, 1.54) is 4.57 Å². The van der Waals surface area contributed by atoms with Crippen LogP contribution in [0.4, 0.5) is 5.82 Å². The summed E-state index contributed by atoms with van der Waals surface area (Å²) in [6.07, 6.45) is 1.64. The molecule has 0 bridgehead atoms. The van der Waals surface area contributed by atoms with Crippen molar-refractivity contribution in [3.63, 3.8) is 0 Å². The average molecular weight is 255 g/mol. The number of nitrogens with two attached hydrogens (primary N) is 1. The Morgan fingerprint density at radius 3 is 2.78 bits per heavy atom. The van der Waals surface area contributed by atoms with Gasteiger partial charge >= 0.3 is 5.69 Å². The first-order valence-corrected chi connectivity index (χ1v) is 6.06. The molecule has 2 N–H and O–H groups in total. The molecule has 6 nitrogen and oxygen atoms in total. The summed E-state index contributed by atoms with van der Waals surface area (Å²) in [6, 6.07) is 0. The molecule has 0 fully saturated rings. The van der Waals surface area contributed by atoms with Gasteiger partial charge in [0, 0.05) is 25.0 Å². The molecule has 0 atom stereocenters. The van der Waals surface area contributed by atoms with Gasteiger partial charge in [0.05, 0.1) is 6.61 Å². The molecule has 0 saturated carbocycles. The molecule has 1 aromatic rings. The van der Waals surface area contributed by atoms with Gasteiger partial charge in [-0.1, -0.05) is 13.8 Å². The summed E-state index contributed by atoms with van der Waals surface area (Å²) in [6.45, 7) is 7.71. The van der Waals surface area contributed by atoms with E-state index in [9.17, 15) is 4.79 Å². The predicted octanol–water partition coefficient (Wildman–Crippen LogP) is 0.992. The molecule has 18 heavy (non-hydrogen) atoms. The molecule has 0 spiro atoms. The van der Waals surface area contributed by atoms with Crippen LogP contribution < -0.4 is 11.4 Å². The van der Waals surface area contributed by atoms with Crippen LogP contribution in [-0.2, 0) is 22.8 Å². The van der Waals surface area contributed by atoms with Crippen LogP contribution in [-0.4, -0.2) is 22.8 Å². The van der Waals surface area contributed by atoms with Gasteiger partial charge in [0.2, 0.25) is 0 Å². The molecule has 6 heteroatoms. The highest BCUT2D eigenvalue weighted by atomic mass is 16.5. The van der Waals surface area contributed by atoms with Crippen molar-refractivity contribution >= 4 is 5.82 Å². The minimum absolute atomic E-state index is 0.180. The van der Waals surface area contributed by atoms with Crippen LogP contribution in [0, 0.1) is 5.92 Å². The average Bonchev–Trinajstić information content (AvgIpc) is 2.30. The van der Waals surface area contributed by atoms with Gasteiger partial charge in [-0.15, -0.1) is 0 Å². The Morgan fingerprint density at radius 2 is 2.17 bits per heavy atom. The van der Waals surface area contributed by atoms with Crippen LogP contribution in [0.25, 0.3) is 0 Å². The fraction of sp³-hybridized carbons (Fsp3) is 0.667. The van der Waals surface area contributed by atoms with Crippen molar-refractivity contribution in [3.05, 3.63) is 22.2 Å². The van der Waals surface area contributed by atoms with E-state index in [1.54, 1.807) is 6.20 Å². The standard InChI is InChI=1S/C12H21N3O3/c1-4-17-8-15-5-10(7-18-6-9(2)3)11(13)14-12(15)16/h5,9H,4,6-8H2,1-3H3,(H2,13,14,16). The molecule has 0 aliphatic rings. The number of nitrogen functional groups attached to an aromatic ring is 1. The smallest absolute Gasteiger partial charge is 0.351 e. The van der Waals surface area contributed by atoms with E-state index in [0.717, 1.165) is 0 Å². The maximum Gasteiger partial charge on any atom is 0.351 e. The van der Waals surface area contributed by atoms with Crippen LogP contribution in [0.1, 0.15) is 26.3 Å². The molecule has 1 heterocycles. The highest BCUT2D eigenvalue weighted by Crippen LogP contribution is 2.08. The molecule has 0 aliphatic heterocycles. The normalized spacial score (nSPS) is 11.1. The topological polar surface area (TPSA) is 79.4 Å². The van der Waals surface area contributed by atoms with Gasteiger partial charge in [-0.3, -0.25) is 4.57 Å². The van der Waals surface area contributed by atoms with Crippen molar-refractivity contribution in [3.8, 4) is 0 Å². The van der Waals surface area contributed by atoms with Crippen molar-refractivity contribution in [2.24, 2.45) is 5.92 Å². The Kier molecular flexibility index (Phi) is 5.80. The lowest BCUT2D eigenvalue weighted by Crippen LogP contribution is -2.26. The molecular weight excluding hydrogens is 234 g/mol. The lowest BCUT2D eigenvalue weighted by molar-refractivity contribution is 0.0809. The van der Waals surface area contributed by atoms with E-state index in [2.05, 4.69) is 18.8 Å². The van der Waals surface area contributed by atoms with Gasteiger partial charge in [0.25, 0.3) is 0 Å². The van der Waals surface area contributed by atoms with E-state index >= 15 is 0 Å². The van der Waals surface area contributed by atoms with Gasteiger partial charge in [-0.2, -0.15) is 4.98 Å². The maximum atomic E-state index is 11.5. The highest BCUT2D eigenvalue weighted by Gasteiger charge is 2.06. The van der Waals surface area contributed by atoms with Crippen molar-refractivity contribution < 1.29 is 9.47 Å². The van der Waals surface area contributed by atoms with Crippen molar-refractivity contribution in [2.45, 2.75) is 34.1 Å². The Morgan fingerprint density at radius 1 is 1.44 bits per heavy atom. The van der Waals surface area contributed by atoms with Gasteiger partial charge in [-0.05, 0) is 12.8 Å². The van der Waals surface area contributed by atoms with E-state index < -0.39 is 5.69 Å². The lowest BCUT2D eigenvalue weighted by atomic mass is 10.2. The molecule has 0 radical (unpaired) electrons. The quantitative estimate of drug-likeness (QED) is 0.786. The number of ether oxygens (including phenoxy) is 2. The molecule has 1 aromatic heterocycles. The maximum absolute atomic E-state index is 11.5. The monoisotopic (exact) mass is 255 g/mol. The van der Waals surface area contributed by atoms with E-state index in [4.69, 9.17) is 15.2 Å². The summed E-state index contributed by atoms with van der Waals surface area (Å²) in [5, 5.41) is 0. The van der Waals surface area contributed by atoms with Gasteiger partial charge < -0.3 is 15.2 Å². The second-order valence-electron chi connectivity index (χ2n) is 4.43. The zero-order chi connectivity index (χ0) is 13.5. The first-order valence-electron chi connectivity index (χ1n) is 6.06. The molecule has 0 aromatic carbocycles. The largest absolute Gasteiger partial charge is 0.383 e. The SMILES string of the molecule is CCOCn1cc(COCC(C)C)c(N)nc1=O. The van der Waals surface area contributed by atoms with Crippen LogP contribution in [0.5, 0.6) is 0 Å². The fourth-order valence-electron chi connectivity index (χ4n) is 1.35. The highest BCUT2D eigenvalue weighted by molar-refractivity contribution is 5.36. The summed E-state index contributed by atoms with van der Waals surface area (Å²) in [5.74, 6) is 0.671. The zero-order valence-electron chi connectivity index (χ0n) is 11.2. The van der Waals surface area contributed by atoms with Gasteiger partial charge in [0.15, 0.2) is 0 Å². The summed E-state index contributed by atoms with van der Waals surface area (Å²) in [7, 11) is 0. The van der Waals surface area contributed by atoms with E-state index in [0.29, 0.717) is 31.3 Å². The number of aromatic nitrogens is 2. The molecule has 0 aliphatic carbocycles. The first-order chi connectivity index (χ1) is 8.54. The van der Waals surface area contributed by atoms with Crippen molar-refractivity contribution in [1.29, 1.82) is 0 Å². The molecule has 1 rings (SSSR count). The van der Waals surface area contributed by atoms with Crippen LogP contribution in [0.2, 0.25) is 0 Å². The molecule has 102 valence electrons. The van der Waals surface area contributed by atoms with Crippen molar-refractivity contribution in [1.82, 2.24) is 9.55 Å². The summed E-state index contributed by atoms with van der Waals surface area (Å²) >= 11 is 0. The van der Waals surface area contributed by atoms with Crippen molar-refractivity contribution in [2.75, 3.05) is 18.9 Å². The number of hydrogen-bond donors (Lipinski definition) is 1. The summed E-state index contributed by atoms with van der Waals surface area (Å²) in [4.78, 5) is 15.3. The zero-order valence-corrected chi connectivity index (χ0v) is 11.2. The second-order valence-corrected chi connectivity index (χ2v) is 4.43. The third-order valence-electron chi connectivity index (χ3n) is 2.25. The minimum atomic E-state index is -0.409. The van der Waals surface area contributed by atoms with Crippen LogP contribution in [0.3, 0.4) is 0 Å². The Balaban J connectivity index is 2.74. The third kappa shape index (κ3) is 4.46. The molecule has 0 saturated heterocycles. The van der Waals surface area contributed by atoms with Crippen LogP contribution >= 0.6 is 0 Å². The van der Waals surface area contributed by atoms with Crippen LogP contribution in [0.15, 0.2) is 11.0 Å². The molecular formula is C12H21N3O3. The first kappa shape index (κ1) is 14.7. The summed E-state index contributed by atoms with van der Waals surface area (Å²) in [5.41, 5.74) is 5.99.